The zero-order valence-electron chi connectivity index (χ0n) is 10.8. The molecule has 17 heavy (non-hydrogen) atoms. The molecule has 0 unspecified atom stereocenters. The molecule has 0 aliphatic heterocycles. The van der Waals surface area contributed by atoms with E-state index in [1.807, 2.05) is 20.8 Å². The number of hydrogen-bond acceptors (Lipinski definition) is 3. The summed E-state index contributed by atoms with van der Waals surface area (Å²) in [6.45, 7) is 9.25. The fourth-order valence-corrected chi connectivity index (χ4v) is 2.20. The Kier molecular flexibility index (Phi) is 2.49. The van der Waals surface area contributed by atoms with E-state index in [1.54, 1.807) is 13.8 Å². The zero-order valence-corrected chi connectivity index (χ0v) is 10.8. The number of hydrogen-bond donors (Lipinski definition) is 1. The Morgan fingerprint density at radius 1 is 0.824 bits per heavy atom. The molecule has 0 aliphatic rings. The van der Waals surface area contributed by atoms with E-state index < -0.39 is 0 Å². The molecule has 90 valence electrons. The number of phenolic OH excluding ortho intramolecular Hbond substituents is 1. The summed E-state index contributed by atoms with van der Waals surface area (Å²) in [5.41, 5.74) is 4.16. The van der Waals surface area contributed by atoms with E-state index in [-0.39, 0.29) is 11.4 Å². The van der Waals surface area contributed by atoms with Crippen LogP contribution in [0.4, 0.5) is 0 Å². The summed E-state index contributed by atoms with van der Waals surface area (Å²) in [6.07, 6.45) is 0. The molecule has 0 spiro atoms. The molecule has 1 N–H and O–H groups in total. The van der Waals surface area contributed by atoms with E-state index in [1.165, 1.54) is 0 Å². The van der Waals surface area contributed by atoms with Crippen molar-refractivity contribution in [2.75, 3.05) is 0 Å². The van der Waals surface area contributed by atoms with Crippen molar-refractivity contribution in [1.29, 1.82) is 0 Å². The van der Waals surface area contributed by atoms with E-state index >= 15 is 0 Å². The van der Waals surface area contributed by atoms with Crippen molar-refractivity contribution in [2.45, 2.75) is 34.6 Å². The lowest BCUT2D eigenvalue weighted by atomic mass is 9.95. The second-order valence-electron chi connectivity index (χ2n) is 4.57. The summed E-state index contributed by atoms with van der Waals surface area (Å²) in [4.78, 5) is 11.7. The Balaban J connectivity index is 3.18. The monoisotopic (exact) mass is 232 g/mol. The van der Waals surface area contributed by atoms with Gasteiger partial charge in [0.15, 0.2) is 0 Å². The number of rotatable bonds is 0. The minimum atomic E-state index is -0.333. The third-order valence-electron chi connectivity index (χ3n) is 3.65. The Morgan fingerprint density at radius 2 is 1.35 bits per heavy atom. The maximum atomic E-state index is 11.7. The second-order valence-corrected chi connectivity index (χ2v) is 4.57. The van der Waals surface area contributed by atoms with Crippen molar-refractivity contribution in [3.63, 3.8) is 0 Å². The van der Waals surface area contributed by atoms with Gasteiger partial charge in [-0.05, 0) is 51.3 Å². The number of aryl methyl sites for hydroxylation is 3. The lowest BCUT2D eigenvalue weighted by Crippen LogP contribution is -2.07. The summed E-state index contributed by atoms with van der Waals surface area (Å²) in [6, 6.07) is 0. The van der Waals surface area contributed by atoms with E-state index in [9.17, 15) is 9.90 Å². The molecule has 3 heteroatoms. The largest absolute Gasteiger partial charge is 0.507 e. The van der Waals surface area contributed by atoms with Gasteiger partial charge >= 0.3 is 5.63 Å². The summed E-state index contributed by atoms with van der Waals surface area (Å²) in [7, 11) is 0. The normalized spacial score (nSPS) is 11.1. The summed E-state index contributed by atoms with van der Waals surface area (Å²) in [5.74, 6) is 0.210. The highest BCUT2D eigenvalue weighted by Crippen LogP contribution is 2.35. The first-order valence-electron chi connectivity index (χ1n) is 5.59. The first-order chi connectivity index (χ1) is 7.86. The fourth-order valence-electron chi connectivity index (χ4n) is 2.20. The van der Waals surface area contributed by atoms with Crippen LogP contribution in [0.5, 0.6) is 5.75 Å². The molecule has 2 rings (SSSR count). The van der Waals surface area contributed by atoms with Gasteiger partial charge in [0.05, 0.1) is 0 Å². The highest BCUT2D eigenvalue weighted by atomic mass is 16.4. The van der Waals surface area contributed by atoms with Gasteiger partial charge in [0, 0.05) is 16.5 Å². The lowest BCUT2D eigenvalue weighted by molar-refractivity contribution is 0.463. The predicted octanol–water partition coefficient (Wildman–Crippen LogP) is 3.04. The van der Waals surface area contributed by atoms with Crippen molar-refractivity contribution < 1.29 is 9.52 Å². The van der Waals surface area contributed by atoms with Gasteiger partial charge < -0.3 is 9.52 Å². The topological polar surface area (TPSA) is 50.4 Å². The molecular weight excluding hydrogens is 216 g/mol. The van der Waals surface area contributed by atoms with Gasteiger partial charge in [-0.2, -0.15) is 0 Å². The molecule has 1 aromatic heterocycles. The van der Waals surface area contributed by atoms with Crippen LogP contribution in [-0.4, -0.2) is 5.11 Å². The van der Waals surface area contributed by atoms with Gasteiger partial charge in [-0.1, -0.05) is 0 Å². The van der Waals surface area contributed by atoms with Gasteiger partial charge in [0.1, 0.15) is 11.3 Å². The van der Waals surface area contributed by atoms with Gasteiger partial charge in [0.2, 0.25) is 0 Å². The third kappa shape index (κ3) is 1.46. The average molecular weight is 232 g/mol. The maximum absolute atomic E-state index is 11.7. The van der Waals surface area contributed by atoms with Crippen LogP contribution in [-0.2, 0) is 0 Å². The molecule has 1 aromatic carbocycles. The highest BCUT2D eigenvalue weighted by Gasteiger charge is 2.17. The maximum Gasteiger partial charge on any atom is 0.339 e. The average Bonchev–Trinajstić information content (AvgIpc) is 2.30. The molecule has 0 atom stereocenters. The smallest absolute Gasteiger partial charge is 0.339 e. The van der Waals surface area contributed by atoms with Crippen LogP contribution >= 0.6 is 0 Å². The Labute approximate surface area is 99.7 Å². The van der Waals surface area contributed by atoms with Gasteiger partial charge in [-0.15, -0.1) is 0 Å². The molecule has 0 aliphatic carbocycles. The van der Waals surface area contributed by atoms with Crippen LogP contribution in [0.1, 0.15) is 27.8 Å². The van der Waals surface area contributed by atoms with E-state index in [4.69, 9.17) is 4.42 Å². The molecule has 3 nitrogen and oxygen atoms in total. The lowest BCUT2D eigenvalue weighted by Gasteiger charge is -2.13. The van der Waals surface area contributed by atoms with Crippen LogP contribution in [0.2, 0.25) is 0 Å². The molecule has 0 radical (unpaired) electrons. The molecule has 1 heterocycles. The van der Waals surface area contributed by atoms with Crippen molar-refractivity contribution in [1.82, 2.24) is 0 Å². The van der Waals surface area contributed by atoms with Crippen molar-refractivity contribution in [3.05, 3.63) is 38.2 Å². The van der Waals surface area contributed by atoms with Crippen molar-refractivity contribution in [3.8, 4) is 5.75 Å². The highest BCUT2D eigenvalue weighted by molar-refractivity contribution is 5.90. The van der Waals surface area contributed by atoms with E-state index in [0.717, 1.165) is 22.1 Å². The van der Waals surface area contributed by atoms with Crippen molar-refractivity contribution >= 4 is 11.0 Å². The van der Waals surface area contributed by atoms with Gasteiger partial charge in [-0.3, -0.25) is 0 Å². The minimum absolute atomic E-state index is 0.210. The van der Waals surface area contributed by atoms with Crippen LogP contribution in [0.3, 0.4) is 0 Å². The molecular formula is C14H16O3. The summed E-state index contributed by atoms with van der Waals surface area (Å²) < 4.78 is 5.31. The molecule has 0 saturated carbocycles. The minimum Gasteiger partial charge on any atom is -0.507 e. The third-order valence-corrected chi connectivity index (χ3v) is 3.65. The predicted molar refractivity (Wildman–Crippen MR) is 67.8 cm³/mol. The standard InChI is InChI=1S/C14H16O3/c1-6-8(3)12(15)10(5)13-11(6)7(2)9(4)14(16)17-13/h15H,1-5H3. The molecule has 0 saturated heterocycles. The quantitative estimate of drug-likeness (QED) is 0.710. The van der Waals surface area contributed by atoms with Gasteiger partial charge in [0.25, 0.3) is 0 Å². The Hall–Kier alpha value is -1.77. The fraction of sp³-hybridized carbons (Fsp3) is 0.357. The Morgan fingerprint density at radius 3 is 1.94 bits per heavy atom. The number of fused-ring (bicyclic) bond motifs is 1. The molecule has 0 bridgehead atoms. The molecule has 2 aromatic rings. The van der Waals surface area contributed by atoms with Crippen LogP contribution in [0.15, 0.2) is 9.21 Å². The second kappa shape index (κ2) is 3.62. The molecule has 0 fully saturated rings. The van der Waals surface area contributed by atoms with Gasteiger partial charge in [-0.25, -0.2) is 4.79 Å². The SMILES string of the molecule is Cc1c(O)c(C)c2oc(=O)c(C)c(C)c2c1C. The number of phenols is 1. The first kappa shape index (κ1) is 11.7. The van der Waals surface area contributed by atoms with Crippen molar-refractivity contribution in [2.24, 2.45) is 0 Å². The Bertz CT molecular complexity index is 678. The summed E-state index contributed by atoms with van der Waals surface area (Å²) >= 11 is 0. The van der Waals surface area contributed by atoms with E-state index in [2.05, 4.69) is 0 Å². The van der Waals surface area contributed by atoms with Crippen LogP contribution in [0.25, 0.3) is 11.0 Å². The van der Waals surface area contributed by atoms with Crippen LogP contribution in [0, 0.1) is 34.6 Å². The molecule has 0 amide bonds. The van der Waals surface area contributed by atoms with Crippen LogP contribution < -0.4 is 5.63 Å². The zero-order chi connectivity index (χ0) is 12.9. The number of benzene rings is 1. The number of aromatic hydroxyl groups is 1. The van der Waals surface area contributed by atoms with E-state index in [0.29, 0.717) is 16.7 Å². The summed E-state index contributed by atoms with van der Waals surface area (Å²) in [5, 5.41) is 10.9. The first-order valence-corrected chi connectivity index (χ1v) is 5.59.